The van der Waals surface area contributed by atoms with Crippen molar-refractivity contribution in [2.75, 3.05) is 0 Å². The van der Waals surface area contributed by atoms with Crippen molar-refractivity contribution in [1.29, 1.82) is 0 Å². The molecule has 0 atom stereocenters. The summed E-state index contributed by atoms with van der Waals surface area (Å²) >= 11 is 3.88. The molecule has 124 heavy (non-hydrogen) atoms. The van der Waals surface area contributed by atoms with Crippen LogP contribution in [-0.4, -0.2) is 0 Å². The predicted molar refractivity (Wildman–Crippen MR) is 552 cm³/mol. The molecule has 4 aromatic heterocycles. The quantitative estimate of drug-likeness (QED) is 0.176. The van der Waals surface area contributed by atoms with Gasteiger partial charge in [0.15, 0.2) is 0 Å². The normalized spacial score (nSPS) is 13.3. The average Bonchev–Trinajstić information content (AvgIpc) is 1.59. The molecule has 0 spiro atoms. The Morgan fingerprint density at radius 3 is 0.863 bits per heavy atom. The van der Waals surface area contributed by atoms with Crippen molar-refractivity contribution in [1.82, 2.24) is 0 Å². The van der Waals surface area contributed by atoms with Crippen LogP contribution in [0.4, 0.5) is 0 Å². The third kappa shape index (κ3) is 19.2. The van der Waals surface area contributed by atoms with Crippen molar-refractivity contribution in [2.45, 2.75) is 314 Å². The number of hydrogen-bond acceptors (Lipinski definition) is 4. The Morgan fingerprint density at radius 2 is 0.460 bits per heavy atom. The van der Waals surface area contributed by atoms with Crippen LogP contribution in [0.1, 0.15) is 316 Å². The molecule has 0 fully saturated rings. The Bertz CT molecular complexity index is 6150. The molecule has 16 aromatic rings. The van der Waals surface area contributed by atoms with Gasteiger partial charge in [-0.1, -0.05) is 443 Å². The fourth-order valence-corrected chi connectivity index (χ4v) is 20.1. The van der Waals surface area contributed by atoms with Crippen molar-refractivity contribution >= 4 is 107 Å². The molecular weight excluding hydrogens is 1540 g/mol. The topological polar surface area (TPSA) is 26.3 Å². The first-order valence-electron chi connectivity index (χ1n) is 45.5. The van der Waals surface area contributed by atoms with Gasteiger partial charge in [-0.05, 0) is 189 Å². The van der Waals surface area contributed by atoms with Gasteiger partial charge in [-0.15, -0.1) is 22.7 Å². The lowest BCUT2D eigenvalue weighted by Crippen LogP contribution is -2.16. The molecule has 12 aromatic carbocycles. The van der Waals surface area contributed by atoms with Crippen LogP contribution in [0.3, 0.4) is 0 Å². The van der Waals surface area contributed by atoms with E-state index in [1.165, 1.54) is 173 Å². The molecule has 0 saturated heterocycles. The molecule has 0 unspecified atom stereocenters. The molecule has 0 aliphatic heterocycles. The van der Waals surface area contributed by atoms with Crippen molar-refractivity contribution in [2.24, 2.45) is 0 Å². The largest absolute Gasteiger partial charge is 0.456 e. The summed E-state index contributed by atoms with van der Waals surface area (Å²) in [7, 11) is 0. The van der Waals surface area contributed by atoms with Gasteiger partial charge in [0.25, 0.3) is 0 Å². The smallest absolute Gasteiger partial charge is 0.143 e. The van der Waals surface area contributed by atoms with E-state index in [-0.39, 0.29) is 65.0 Å². The Morgan fingerprint density at radius 1 is 0.185 bits per heavy atom. The zero-order valence-corrected chi connectivity index (χ0v) is 84.1. The van der Waals surface area contributed by atoms with Crippen LogP contribution in [0.2, 0.25) is 0 Å². The number of benzene rings is 12. The predicted octanol–water partition coefficient (Wildman–Crippen LogP) is 37.5. The first kappa shape index (κ1) is 92.4. The van der Waals surface area contributed by atoms with Gasteiger partial charge >= 0.3 is 0 Å². The Hall–Kier alpha value is -9.32. The zero-order valence-electron chi connectivity index (χ0n) is 82.4. The van der Waals surface area contributed by atoms with E-state index in [1.54, 1.807) is 0 Å². The average molecular weight is 1680 g/mol. The third-order valence-corrected chi connectivity index (χ3v) is 27.6. The van der Waals surface area contributed by atoms with E-state index >= 15 is 0 Å². The maximum atomic E-state index is 6.65. The highest BCUT2D eigenvalue weighted by atomic mass is 32.1. The molecule has 0 radical (unpaired) electrons. The summed E-state index contributed by atoms with van der Waals surface area (Å²) < 4.78 is 18.6. The van der Waals surface area contributed by atoms with Crippen LogP contribution >= 0.6 is 22.7 Å². The second-order valence-electron chi connectivity index (χ2n) is 48.0. The highest BCUT2D eigenvalue weighted by Crippen LogP contribution is 2.51. The van der Waals surface area contributed by atoms with E-state index in [4.69, 9.17) is 8.83 Å². The van der Waals surface area contributed by atoms with Crippen molar-refractivity contribution in [3.8, 4) is 44.5 Å². The lowest BCUT2D eigenvalue weighted by molar-refractivity contribution is 0.568. The molecule has 0 bridgehead atoms. The van der Waals surface area contributed by atoms with Crippen LogP contribution in [0.25, 0.3) is 129 Å². The fourth-order valence-electron chi connectivity index (χ4n) is 17.3. The van der Waals surface area contributed by atoms with Gasteiger partial charge in [-0.25, -0.2) is 0 Å². The van der Waals surface area contributed by atoms with Gasteiger partial charge in [-0.3, -0.25) is 0 Å². The summed E-state index contributed by atoms with van der Waals surface area (Å²) in [5.41, 5.74) is 31.9. The number of furan rings is 2. The van der Waals surface area contributed by atoms with E-state index in [9.17, 15) is 0 Å². The number of fused-ring (bicyclic) bond motifs is 12. The SMILES string of the molecule is CC(C)(C)c1cc(-c2cccc3c2oc2c(C(C)(C)C)cccc23)cc(C(C)(C)C)c1.CC(C)(C)c1cc(-c2cccc3c2sc2c(C(C)(C)C)cccc23)cc(C(C)(C)C)c1.CC(C)(C)c1cc(-c2cccc3oc4cccc(C(C)(C)C)c4c23)cc(C(C)(C)C)c1.CC(C)(C)c1cc(-c2cccc3sc4cccc(C(C)(C)C)c4c23)cc(C(C)(C)C)c1. The summed E-state index contributed by atoms with van der Waals surface area (Å²) in [5.74, 6) is 0. The monoisotopic (exact) mass is 1680 g/mol. The Kier molecular flexibility index (Phi) is 24.2. The molecular formula is C120H144O2S2. The van der Waals surface area contributed by atoms with Crippen molar-refractivity contribution in [3.63, 3.8) is 0 Å². The van der Waals surface area contributed by atoms with E-state index in [2.05, 4.69) is 468 Å². The minimum Gasteiger partial charge on any atom is -0.456 e. The van der Waals surface area contributed by atoms with Gasteiger partial charge in [0, 0.05) is 73.0 Å². The maximum absolute atomic E-state index is 6.65. The van der Waals surface area contributed by atoms with Gasteiger partial charge < -0.3 is 8.83 Å². The molecule has 4 heterocycles. The second kappa shape index (κ2) is 32.5. The van der Waals surface area contributed by atoms with Crippen molar-refractivity contribution < 1.29 is 8.83 Å². The molecule has 0 N–H and O–H groups in total. The second-order valence-corrected chi connectivity index (χ2v) is 50.2. The number of rotatable bonds is 4. The summed E-state index contributed by atoms with van der Waals surface area (Å²) in [6, 6.07) is 82.1. The number of thiophene rings is 2. The number of hydrogen-bond donors (Lipinski definition) is 0. The standard InChI is InChI=1S/2C30H36O.2C30H36S/c1-28(2,3)20-16-19(17-21(18-20)29(4,5)6)22-12-10-14-24-26(22)27-23(30(7,8)9)13-11-15-25(27)31-24;1-28(2,3)20-16-19(17-21(18-20)29(4,5)6)22-12-10-13-23-24-14-11-15-25(30(7,8)9)27(24)31-26(22)23;1-28(2,3)20-16-19(17-21(18-20)29(4,5)6)22-12-10-14-24-26(22)27-23(30(7,8)9)13-11-15-25(27)31-24;1-28(2,3)20-16-19(17-21(18-20)29(4,5)6)22-12-10-13-23-24-14-11-15-25(30(7,8)9)27(24)31-26(22)23/h4*10-18H,1-9H3. The molecule has 16 rings (SSSR count). The van der Waals surface area contributed by atoms with E-state index < -0.39 is 0 Å². The minimum atomic E-state index is 0.0269. The maximum Gasteiger partial charge on any atom is 0.143 e. The molecule has 648 valence electrons. The minimum absolute atomic E-state index is 0.0269. The summed E-state index contributed by atoms with van der Waals surface area (Å²) in [5, 5.41) is 10.5. The Labute approximate surface area is 754 Å². The van der Waals surface area contributed by atoms with Crippen LogP contribution in [0.5, 0.6) is 0 Å². The third-order valence-electron chi connectivity index (χ3n) is 25.2. The Balaban J connectivity index is 0.000000142. The van der Waals surface area contributed by atoms with Gasteiger partial charge in [-0.2, -0.15) is 0 Å². The lowest BCUT2D eigenvalue weighted by atomic mass is 9.78. The summed E-state index contributed by atoms with van der Waals surface area (Å²) in [6.45, 7) is 82.8. The molecule has 4 heteroatoms. The summed E-state index contributed by atoms with van der Waals surface area (Å²) in [6.07, 6.45) is 0. The van der Waals surface area contributed by atoms with Crippen molar-refractivity contribution in [3.05, 3.63) is 285 Å². The van der Waals surface area contributed by atoms with E-state index in [1.807, 2.05) is 22.7 Å². The molecule has 0 aliphatic carbocycles. The van der Waals surface area contributed by atoms with Crippen LogP contribution in [0.15, 0.2) is 227 Å². The first-order valence-corrected chi connectivity index (χ1v) is 47.1. The highest BCUT2D eigenvalue weighted by Gasteiger charge is 2.32. The van der Waals surface area contributed by atoms with Crippen LogP contribution in [0, 0.1) is 0 Å². The van der Waals surface area contributed by atoms with Crippen LogP contribution in [-0.2, 0) is 65.0 Å². The van der Waals surface area contributed by atoms with Gasteiger partial charge in [0.1, 0.15) is 22.3 Å². The molecule has 2 nitrogen and oxygen atoms in total. The fraction of sp³-hybridized carbons (Fsp3) is 0.400. The molecule has 0 aliphatic rings. The zero-order chi connectivity index (χ0) is 91.1. The van der Waals surface area contributed by atoms with E-state index in [0.717, 1.165) is 22.3 Å². The molecule has 0 saturated carbocycles. The van der Waals surface area contributed by atoms with Crippen LogP contribution < -0.4 is 0 Å². The van der Waals surface area contributed by atoms with Gasteiger partial charge in [0.05, 0.1) is 0 Å². The highest BCUT2D eigenvalue weighted by molar-refractivity contribution is 7.26. The number of para-hydroxylation sites is 2. The summed E-state index contributed by atoms with van der Waals surface area (Å²) in [4.78, 5) is 0. The van der Waals surface area contributed by atoms with E-state index in [0.29, 0.717) is 0 Å². The first-order chi connectivity index (χ1) is 57.1. The lowest BCUT2D eigenvalue weighted by Gasteiger charge is -2.26. The molecule has 0 amide bonds. The van der Waals surface area contributed by atoms with Gasteiger partial charge in [0.2, 0.25) is 0 Å².